The van der Waals surface area contributed by atoms with Gasteiger partial charge in [-0.2, -0.15) is 5.10 Å². The van der Waals surface area contributed by atoms with Crippen LogP contribution in [-0.2, 0) is 16.7 Å². The van der Waals surface area contributed by atoms with Gasteiger partial charge in [0.15, 0.2) is 0 Å². The summed E-state index contributed by atoms with van der Waals surface area (Å²) in [5, 5.41) is 10.8. The molecule has 2 fully saturated rings. The van der Waals surface area contributed by atoms with Gasteiger partial charge in [0.1, 0.15) is 11.4 Å². The minimum atomic E-state index is -0.620. The van der Waals surface area contributed by atoms with Gasteiger partial charge in [0.25, 0.3) is 0 Å². The highest BCUT2D eigenvalue weighted by Crippen LogP contribution is 2.42. The third kappa shape index (κ3) is 7.22. The van der Waals surface area contributed by atoms with E-state index in [1.807, 2.05) is 11.1 Å². The van der Waals surface area contributed by atoms with Gasteiger partial charge in [-0.25, -0.2) is 14.8 Å². The van der Waals surface area contributed by atoms with Crippen molar-refractivity contribution in [2.75, 3.05) is 30.0 Å². The van der Waals surface area contributed by atoms with Crippen molar-refractivity contribution in [1.82, 2.24) is 14.6 Å². The van der Waals surface area contributed by atoms with E-state index < -0.39 is 5.54 Å². The summed E-state index contributed by atoms with van der Waals surface area (Å²) in [6.07, 6.45) is 12.2. The van der Waals surface area contributed by atoms with E-state index in [9.17, 15) is 4.79 Å². The highest BCUT2D eigenvalue weighted by atomic mass is 16.5. The van der Waals surface area contributed by atoms with Crippen molar-refractivity contribution in [2.45, 2.75) is 69.9 Å². The maximum Gasteiger partial charge on any atom is 0.349 e. The smallest absolute Gasteiger partial charge is 0.349 e. The average molecular weight is 769 g/mol. The predicted molar refractivity (Wildman–Crippen MR) is 233 cm³/mol. The number of carbonyl (C=O) groups is 1. The van der Waals surface area contributed by atoms with Crippen LogP contribution in [0.3, 0.4) is 0 Å². The summed E-state index contributed by atoms with van der Waals surface area (Å²) in [4.78, 5) is 21.7. The molecule has 1 aliphatic carbocycles. The molecular formula is C50H52N6O2. The minimum Gasteiger partial charge on any atom is -0.385 e. The van der Waals surface area contributed by atoms with Gasteiger partial charge < -0.3 is 14.6 Å². The van der Waals surface area contributed by atoms with Gasteiger partial charge in [0.2, 0.25) is 0 Å². The van der Waals surface area contributed by atoms with Crippen LogP contribution in [0.5, 0.6) is 0 Å². The lowest BCUT2D eigenvalue weighted by Crippen LogP contribution is -2.45. The van der Waals surface area contributed by atoms with Crippen LogP contribution in [0, 0.1) is 12.8 Å². The van der Waals surface area contributed by atoms with Crippen molar-refractivity contribution in [3.8, 4) is 0 Å². The Labute approximate surface area is 342 Å². The normalized spacial score (nSPS) is 16.8. The molecule has 8 heteroatoms. The lowest BCUT2D eigenvalue weighted by molar-refractivity contribution is 0.0480. The summed E-state index contributed by atoms with van der Waals surface area (Å²) in [5.74, 6) is 1.32. The van der Waals surface area contributed by atoms with E-state index in [0.29, 0.717) is 32.1 Å². The zero-order valence-electron chi connectivity index (χ0n) is 33.3. The molecule has 0 spiro atoms. The number of nitrogens with one attached hydrogen (secondary N) is 1. The SMILES string of the molecule is Cc1ccc2c(c1)N(c1ccc(NCCc3nccn3C(c3ccccc3)(c3ccccc3)c3ccccc3)cc1)C(=O)N(C1CCOCC1)N=C2C1CCCCC1. The zero-order chi connectivity index (χ0) is 39.3. The molecule has 3 aliphatic rings. The molecule has 0 atom stereocenters. The number of imidazole rings is 1. The maximum atomic E-state index is 14.8. The largest absolute Gasteiger partial charge is 0.385 e. The molecule has 294 valence electrons. The Hall–Kier alpha value is -5.99. The Bertz CT molecular complexity index is 2230. The second-order valence-corrected chi connectivity index (χ2v) is 15.9. The van der Waals surface area contributed by atoms with Gasteiger partial charge in [0, 0.05) is 55.7 Å². The van der Waals surface area contributed by atoms with E-state index in [-0.39, 0.29) is 12.1 Å². The number of hydrogen-bond acceptors (Lipinski definition) is 5. The van der Waals surface area contributed by atoms with Crippen LogP contribution in [0.4, 0.5) is 21.9 Å². The molecule has 1 saturated carbocycles. The van der Waals surface area contributed by atoms with Gasteiger partial charge in [-0.05, 0) is 85.2 Å². The summed E-state index contributed by atoms with van der Waals surface area (Å²) < 4.78 is 8.07. The van der Waals surface area contributed by atoms with Gasteiger partial charge >= 0.3 is 6.03 Å². The number of urea groups is 1. The Kier molecular flexibility index (Phi) is 10.9. The molecule has 0 bridgehead atoms. The monoisotopic (exact) mass is 768 g/mol. The molecule has 2 aliphatic heterocycles. The molecule has 9 rings (SSSR count). The van der Waals surface area contributed by atoms with E-state index in [4.69, 9.17) is 14.8 Å². The number of amides is 2. The van der Waals surface area contributed by atoms with Crippen molar-refractivity contribution in [3.63, 3.8) is 0 Å². The molecule has 1 saturated heterocycles. The van der Waals surface area contributed by atoms with E-state index in [1.54, 1.807) is 5.01 Å². The number of carbonyl (C=O) groups excluding carboxylic acids is 1. The van der Waals surface area contributed by atoms with Gasteiger partial charge in [-0.1, -0.05) is 122 Å². The van der Waals surface area contributed by atoms with E-state index >= 15 is 0 Å². The van der Waals surface area contributed by atoms with Crippen molar-refractivity contribution in [2.24, 2.45) is 11.0 Å². The van der Waals surface area contributed by atoms with Crippen LogP contribution < -0.4 is 10.2 Å². The van der Waals surface area contributed by atoms with Crippen molar-refractivity contribution in [1.29, 1.82) is 0 Å². The van der Waals surface area contributed by atoms with Crippen LogP contribution in [0.15, 0.2) is 151 Å². The minimum absolute atomic E-state index is 0.00402. The average Bonchev–Trinajstić information content (AvgIpc) is 3.71. The molecule has 0 radical (unpaired) electrons. The molecule has 58 heavy (non-hydrogen) atoms. The van der Waals surface area contributed by atoms with Crippen LogP contribution in [0.2, 0.25) is 0 Å². The number of anilines is 3. The van der Waals surface area contributed by atoms with E-state index in [2.05, 4.69) is 156 Å². The molecule has 2 amide bonds. The fourth-order valence-electron chi connectivity index (χ4n) is 9.38. The van der Waals surface area contributed by atoms with Gasteiger partial charge in [-0.15, -0.1) is 0 Å². The molecular weight excluding hydrogens is 717 g/mol. The zero-order valence-corrected chi connectivity index (χ0v) is 33.3. The third-order valence-electron chi connectivity index (χ3n) is 12.3. The molecule has 0 unspecified atom stereocenters. The Morgan fingerprint density at radius 2 is 1.36 bits per heavy atom. The topological polar surface area (TPSA) is 75.0 Å². The number of hydrazone groups is 1. The first-order valence-corrected chi connectivity index (χ1v) is 21.0. The number of aryl methyl sites for hydroxylation is 1. The van der Waals surface area contributed by atoms with Crippen molar-refractivity contribution in [3.05, 3.63) is 179 Å². The lowest BCUT2D eigenvalue weighted by Gasteiger charge is -2.38. The van der Waals surface area contributed by atoms with E-state index in [0.717, 1.165) is 65.4 Å². The highest BCUT2D eigenvalue weighted by molar-refractivity contribution is 6.14. The molecule has 6 aromatic rings. The standard InChI is InChI=1S/C50H52N6O2/c1-37-22-27-45-46(36-37)55(49(57)56(44-29-34-58-35-30-44)53-48(45)38-14-6-2-7-15-38)43-25-23-42(24-26-43)51-31-28-47-52-32-33-54(47)50(39-16-8-3-9-17-39,40-18-10-4-11-19-40)41-20-12-5-13-21-41/h3-5,8-13,16-27,32-33,36,38,44,51H,2,6-7,14-15,28-31,34-35H2,1H3. The summed E-state index contributed by atoms with van der Waals surface area (Å²) in [6.45, 7) is 4.05. The Morgan fingerprint density at radius 1 is 0.741 bits per heavy atom. The van der Waals surface area contributed by atoms with Crippen LogP contribution in [0.1, 0.15) is 78.6 Å². The van der Waals surface area contributed by atoms with Crippen molar-refractivity contribution < 1.29 is 9.53 Å². The van der Waals surface area contributed by atoms with E-state index in [1.165, 1.54) is 36.0 Å². The van der Waals surface area contributed by atoms with Crippen LogP contribution >= 0.6 is 0 Å². The van der Waals surface area contributed by atoms with Crippen LogP contribution in [-0.4, -0.2) is 52.1 Å². The fraction of sp³-hybridized carbons (Fsp3) is 0.300. The van der Waals surface area contributed by atoms with Crippen molar-refractivity contribution >= 4 is 28.8 Å². The summed E-state index contributed by atoms with van der Waals surface area (Å²) >= 11 is 0. The molecule has 5 aromatic carbocycles. The Balaban J connectivity index is 1.01. The highest BCUT2D eigenvalue weighted by Gasteiger charge is 2.40. The Morgan fingerprint density at radius 3 is 1.98 bits per heavy atom. The maximum absolute atomic E-state index is 14.8. The fourth-order valence-corrected chi connectivity index (χ4v) is 9.38. The summed E-state index contributed by atoms with van der Waals surface area (Å²) in [6, 6.07) is 46.9. The summed E-state index contributed by atoms with van der Waals surface area (Å²) in [5.41, 5.74) is 8.85. The number of nitrogens with zero attached hydrogens (tertiary/aromatic N) is 5. The molecule has 1 aromatic heterocycles. The predicted octanol–water partition coefficient (Wildman–Crippen LogP) is 10.7. The molecule has 3 heterocycles. The number of ether oxygens (including phenoxy) is 1. The first-order chi connectivity index (χ1) is 28.6. The number of aromatic nitrogens is 2. The first-order valence-electron chi connectivity index (χ1n) is 21.0. The van der Waals surface area contributed by atoms with Gasteiger partial charge in [0.05, 0.1) is 23.1 Å². The van der Waals surface area contributed by atoms with Crippen LogP contribution in [0.25, 0.3) is 0 Å². The lowest BCUT2D eigenvalue weighted by atomic mass is 9.76. The second kappa shape index (κ2) is 16.9. The number of rotatable bonds is 11. The molecule has 8 nitrogen and oxygen atoms in total. The number of fused-ring (bicyclic) bond motifs is 1. The third-order valence-corrected chi connectivity index (χ3v) is 12.3. The summed E-state index contributed by atoms with van der Waals surface area (Å²) in [7, 11) is 0. The number of hydrogen-bond donors (Lipinski definition) is 1. The molecule has 1 N–H and O–H groups in total. The van der Waals surface area contributed by atoms with Gasteiger partial charge in [-0.3, -0.25) is 4.90 Å². The quantitative estimate of drug-likeness (QED) is 0.133. The number of benzene rings is 5. The second-order valence-electron chi connectivity index (χ2n) is 15.9. The first kappa shape index (κ1) is 37.6.